The molecule has 0 saturated carbocycles. The average molecular weight is 237 g/mol. The Morgan fingerprint density at radius 3 is 2.71 bits per heavy atom. The van der Waals surface area contributed by atoms with Crippen molar-refractivity contribution in [3.05, 3.63) is 35.3 Å². The van der Waals surface area contributed by atoms with Gasteiger partial charge in [-0.05, 0) is 39.8 Å². The molecule has 0 aliphatic heterocycles. The van der Waals surface area contributed by atoms with E-state index in [0.717, 1.165) is 5.76 Å². The van der Waals surface area contributed by atoms with Gasteiger partial charge in [0.1, 0.15) is 17.1 Å². The fourth-order valence-corrected chi connectivity index (χ4v) is 1.33. The molecule has 1 unspecified atom stereocenters. The smallest absolute Gasteiger partial charge is 0.246 e. The van der Waals surface area contributed by atoms with Crippen LogP contribution in [0.2, 0.25) is 0 Å². The normalized spacial score (nSPS) is 15.5. The largest absolute Gasteiger partial charge is 0.463 e. The molecular weight excluding hydrogens is 218 g/mol. The Morgan fingerprint density at radius 1 is 1.59 bits per heavy atom. The molecule has 1 aromatic heterocycles. The lowest BCUT2D eigenvalue weighted by Gasteiger charge is -2.21. The van der Waals surface area contributed by atoms with Crippen molar-refractivity contribution in [2.75, 3.05) is 6.54 Å². The van der Waals surface area contributed by atoms with E-state index in [-0.39, 0.29) is 12.5 Å². The van der Waals surface area contributed by atoms with Gasteiger partial charge in [-0.3, -0.25) is 4.79 Å². The third-order valence-electron chi connectivity index (χ3n) is 2.66. The summed E-state index contributed by atoms with van der Waals surface area (Å²) in [6, 6.07) is 3.49. The standard InChI is InChI=1S/C13H19NO3/c1-5-9(2)12(15)14-8-13(4,16)11-7-6-10(3)17-11/h5-7,16H,8H2,1-4H3,(H,14,15). The maximum absolute atomic E-state index is 11.5. The molecule has 1 amide bonds. The summed E-state index contributed by atoms with van der Waals surface area (Å²) < 4.78 is 5.35. The number of carbonyl (C=O) groups is 1. The first kappa shape index (κ1) is 13.5. The van der Waals surface area contributed by atoms with Crippen LogP contribution in [0.25, 0.3) is 0 Å². The molecule has 0 aromatic carbocycles. The van der Waals surface area contributed by atoms with Crippen molar-refractivity contribution in [1.82, 2.24) is 5.32 Å². The minimum atomic E-state index is -1.20. The predicted molar refractivity (Wildman–Crippen MR) is 65.5 cm³/mol. The summed E-state index contributed by atoms with van der Waals surface area (Å²) in [6.07, 6.45) is 1.72. The summed E-state index contributed by atoms with van der Waals surface area (Å²) in [5.74, 6) is 1.00. The van der Waals surface area contributed by atoms with Crippen molar-refractivity contribution in [3.63, 3.8) is 0 Å². The molecule has 17 heavy (non-hydrogen) atoms. The number of rotatable bonds is 4. The molecule has 1 rings (SSSR count). The molecule has 1 atom stereocenters. The topological polar surface area (TPSA) is 62.5 Å². The highest BCUT2D eigenvalue weighted by Crippen LogP contribution is 2.21. The van der Waals surface area contributed by atoms with Crippen LogP contribution in [-0.2, 0) is 10.4 Å². The van der Waals surface area contributed by atoms with Crippen LogP contribution in [0.15, 0.2) is 28.2 Å². The first-order valence-corrected chi connectivity index (χ1v) is 5.57. The molecule has 0 aliphatic rings. The van der Waals surface area contributed by atoms with E-state index in [1.807, 2.05) is 6.92 Å². The van der Waals surface area contributed by atoms with Gasteiger partial charge in [-0.2, -0.15) is 0 Å². The molecule has 4 heteroatoms. The lowest BCUT2D eigenvalue weighted by molar-refractivity contribution is -0.118. The maximum Gasteiger partial charge on any atom is 0.246 e. The molecule has 1 heterocycles. The number of furan rings is 1. The SMILES string of the molecule is CC=C(C)C(=O)NCC(C)(O)c1ccc(C)o1. The van der Waals surface area contributed by atoms with Crippen LogP contribution in [-0.4, -0.2) is 17.6 Å². The monoisotopic (exact) mass is 237 g/mol. The highest BCUT2D eigenvalue weighted by molar-refractivity contribution is 5.92. The molecule has 4 nitrogen and oxygen atoms in total. The van der Waals surface area contributed by atoms with Crippen LogP contribution in [0.3, 0.4) is 0 Å². The fourth-order valence-electron chi connectivity index (χ4n) is 1.33. The number of aryl methyl sites for hydroxylation is 1. The lowest BCUT2D eigenvalue weighted by Crippen LogP contribution is -2.38. The van der Waals surface area contributed by atoms with Gasteiger partial charge in [-0.1, -0.05) is 6.08 Å². The summed E-state index contributed by atoms with van der Waals surface area (Å²) in [6.45, 7) is 7.05. The van der Waals surface area contributed by atoms with Gasteiger partial charge in [0.15, 0.2) is 0 Å². The Hall–Kier alpha value is -1.55. The van der Waals surface area contributed by atoms with Gasteiger partial charge in [0.2, 0.25) is 5.91 Å². The Bertz CT molecular complexity index is 430. The Kier molecular flexibility index (Phi) is 4.12. The first-order valence-electron chi connectivity index (χ1n) is 5.57. The van der Waals surface area contributed by atoms with Crippen molar-refractivity contribution >= 4 is 5.91 Å². The molecule has 0 radical (unpaired) electrons. The zero-order valence-electron chi connectivity index (χ0n) is 10.7. The molecule has 0 fully saturated rings. The predicted octanol–water partition coefficient (Wildman–Crippen LogP) is 1.88. The number of nitrogens with one attached hydrogen (secondary N) is 1. The first-order chi connectivity index (χ1) is 7.86. The van der Waals surface area contributed by atoms with E-state index in [2.05, 4.69) is 5.32 Å². The van der Waals surface area contributed by atoms with Crippen LogP contribution < -0.4 is 5.32 Å². The van der Waals surface area contributed by atoms with Gasteiger partial charge in [-0.25, -0.2) is 0 Å². The molecule has 0 spiro atoms. The Morgan fingerprint density at radius 2 is 2.24 bits per heavy atom. The van der Waals surface area contributed by atoms with Crippen molar-refractivity contribution in [3.8, 4) is 0 Å². The van der Waals surface area contributed by atoms with Crippen molar-refractivity contribution in [1.29, 1.82) is 0 Å². The Labute approximate surface area is 101 Å². The van der Waals surface area contributed by atoms with Crippen LogP contribution >= 0.6 is 0 Å². The quantitative estimate of drug-likeness (QED) is 0.786. The van der Waals surface area contributed by atoms with Gasteiger partial charge in [0, 0.05) is 5.57 Å². The number of hydrogen-bond donors (Lipinski definition) is 2. The molecule has 0 bridgehead atoms. The zero-order valence-corrected chi connectivity index (χ0v) is 10.7. The second kappa shape index (κ2) is 5.19. The number of carbonyl (C=O) groups excluding carboxylic acids is 1. The van der Waals surface area contributed by atoms with E-state index in [0.29, 0.717) is 11.3 Å². The third-order valence-corrected chi connectivity index (χ3v) is 2.66. The summed E-state index contributed by atoms with van der Waals surface area (Å²) in [5.41, 5.74) is -0.575. The van der Waals surface area contributed by atoms with Crippen LogP contribution in [0.1, 0.15) is 32.3 Å². The van der Waals surface area contributed by atoms with Crippen LogP contribution in [0, 0.1) is 6.92 Å². The summed E-state index contributed by atoms with van der Waals surface area (Å²) in [4.78, 5) is 11.5. The summed E-state index contributed by atoms with van der Waals surface area (Å²) in [5, 5.41) is 12.8. The number of hydrogen-bond acceptors (Lipinski definition) is 3. The van der Waals surface area contributed by atoms with Crippen LogP contribution in [0.5, 0.6) is 0 Å². The fraction of sp³-hybridized carbons (Fsp3) is 0.462. The van der Waals surface area contributed by atoms with E-state index in [9.17, 15) is 9.90 Å². The van der Waals surface area contributed by atoms with E-state index in [4.69, 9.17) is 4.42 Å². The van der Waals surface area contributed by atoms with Crippen molar-refractivity contribution in [2.45, 2.75) is 33.3 Å². The number of allylic oxidation sites excluding steroid dienone is 1. The van der Waals surface area contributed by atoms with Gasteiger partial charge in [0.25, 0.3) is 0 Å². The van der Waals surface area contributed by atoms with Gasteiger partial charge in [0.05, 0.1) is 6.54 Å². The van der Waals surface area contributed by atoms with Crippen LogP contribution in [0.4, 0.5) is 0 Å². The highest BCUT2D eigenvalue weighted by atomic mass is 16.4. The molecule has 94 valence electrons. The average Bonchev–Trinajstić information content (AvgIpc) is 2.72. The molecule has 1 aromatic rings. The Balaban J connectivity index is 2.65. The van der Waals surface area contributed by atoms with E-state index < -0.39 is 5.60 Å². The molecular formula is C13H19NO3. The minimum absolute atomic E-state index is 0.115. The zero-order chi connectivity index (χ0) is 13.1. The van der Waals surface area contributed by atoms with Crippen molar-refractivity contribution in [2.24, 2.45) is 0 Å². The van der Waals surface area contributed by atoms with Gasteiger partial charge < -0.3 is 14.8 Å². The van der Waals surface area contributed by atoms with Gasteiger partial charge >= 0.3 is 0 Å². The summed E-state index contributed by atoms with van der Waals surface area (Å²) in [7, 11) is 0. The lowest BCUT2D eigenvalue weighted by atomic mass is 10.0. The number of aliphatic hydroxyl groups is 1. The number of amides is 1. The molecule has 2 N–H and O–H groups in total. The van der Waals surface area contributed by atoms with E-state index in [1.165, 1.54) is 0 Å². The van der Waals surface area contributed by atoms with Gasteiger partial charge in [-0.15, -0.1) is 0 Å². The highest BCUT2D eigenvalue weighted by Gasteiger charge is 2.27. The third kappa shape index (κ3) is 3.46. The summed E-state index contributed by atoms with van der Waals surface area (Å²) >= 11 is 0. The molecule has 0 aliphatic carbocycles. The van der Waals surface area contributed by atoms with Crippen molar-refractivity contribution < 1.29 is 14.3 Å². The van der Waals surface area contributed by atoms with E-state index in [1.54, 1.807) is 39.0 Å². The van der Waals surface area contributed by atoms with E-state index >= 15 is 0 Å². The molecule has 0 saturated heterocycles. The second-order valence-corrected chi connectivity index (χ2v) is 4.34. The second-order valence-electron chi connectivity index (χ2n) is 4.34. The minimum Gasteiger partial charge on any atom is -0.463 e. The maximum atomic E-state index is 11.5.